The summed E-state index contributed by atoms with van der Waals surface area (Å²) in [5.74, 6) is -0.398. The highest BCUT2D eigenvalue weighted by Gasteiger charge is 2.12. The average molecular weight is 538 g/mol. The van der Waals surface area contributed by atoms with Crippen molar-refractivity contribution in [3.63, 3.8) is 0 Å². The van der Waals surface area contributed by atoms with Crippen LogP contribution in [0.5, 0.6) is 5.75 Å². The summed E-state index contributed by atoms with van der Waals surface area (Å²) in [4.78, 5) is 16.7. The Morgan fingerprint density at radius 1 is 0.868 bits per heavy atom. The lowest BCUT2D eigenvalue weighted by Gasteiger charge is -2.10. The van der Waals surface area contributed by atoms with Crippen LogP contribution in [0.25, 0.3) is 27.3 Å². The van der Waals surface area contributed by atoms with E-state index in [-0.39, 0.29) is 13.0 Å². The lowest BCUT2D eigenvalue weighted by atomic mass is 9.99. The summed E-state index contributed by atoms with van der Waals surface area (Å²) >= 11 is 7.99. The van der Waals surface area contributed by atoms with E-state index in [9.17, 15) is 4.79 Å². The van der Waals surface area contributed by atoms with Crippen molar-refractivity contribution < 1.29 is 14.6 Å². The maximum atomic E-state index is 11.0. The molecule has 0 saturated heterocycles. The van der Waals surface area contributed by atoms with Crippen molar-refractivity contribution in [2.45, 2.75) is 6.42 Å². The molecule has 1 heterocycles. The first-order chi connectivity index (χ1) is 18.6. The number of aliphatic carboxylic acids is 1. The Balaban J connectivity index is 1.43. The molecule has 5 aromatic rings. The molecule has 0 amide bonds. The molecule has 38 heavy (non-hydrogen) atoms. The number of ether oxygens (including phenoxy) is 1. The Bertz CT molecular complexity index is 1560. The smallest absolute Gasteiger partial charge is 0.307 e. The van der Waals surface area contributed by atoms with Crippen LogP contribution in [0.2, 0.25) is 5.02 Å². The fourth-order valence-electron chi connectivity index (χ4n) is 4.11. The number of rotatable bonds is 9. The lowest BCUT2D eigenvalue weighted by Crippen LogP contribution is -2.01. The minimum absolute atomic E-state index is 0.0852. The van der Waals surface area contributed by atoms with Crippen molar-refractivity contribution in [1.82, 2.24) is 4.98 Å². The van der Waals surface area contributed by atoms with E-state index in [0.29, 0.717) is 16.3 Å². The minimum Gasteiger partial charge on any atom is -0.488 e. The molecule has 4 nitrogen and oxygen atoms in total. The fourth-order valence-corrected chi connectivity index (χ4v) is 5.35. The quantitative estimate of drug-likeness (QED) is 0.205. The summed E-state index contributed by atoms with van der Waals surface area (Å²) < 4.78 is 5.98. The predicted octanol–water partition coefficient (Wildman–Crippen LogP) is 8.27. The van der Waals surface area contributed by atoms with E-state index >= 15 is 0 Å². The van der Waals surface area contributed by atoms with Crippen molar-refractivity contribution in [3.05, 3.63) is 136 Å². The van der Waals surface area contributed by atoms with Gasteiger partial charge < -0.3 is 9.84 Å². The van der Waals surface area contributed by atoms with Crippen LogP contribution >= 0.6 is 22.9 Å². The molecule has 0 aliphatic rings. The maximum Gasteiger partial charge on any atom is 0.307 e. The second-order valence-corrected chi connectivity index (χ2v) is 10.0. The lowest BCUT2D eigenvalue weighted by molar-refractivity contribution is -0.136. The van der Waals surface area contributed by atoms with Gasteiger partial charge in [-0.05, 0) is 46.0 Å². The topological polar surface area (TPSA) is 59.4 Å². The fraction of sp³-hybridized carbons (Fsp3) is 0.0625. The zero-order chi connectivity index (χ0) is 26.3. The van der Waals surface area contributed by atoms with E-state index in [1.165, 1.54) is 0 Å². The van der Waals surface area contributed by atoms with Gasteiger partial charge in [0, 0.05) is 11.8 Å². The van der Waals surface area contributed by atoms with Gasteiger partial charge in [-0.25, -0.2) is 4.98 Å². The van der Waals surface area contributed by atoms with Gasteiger partial charge >= 0.3 is 5.97 Å². The highest BCUT2D eigenvalue weighted by atomic mass is 35.5. The third kappa shape index (κ3) is 6.20. The van der Waals surface area contributed by atoms with E-state index in [1.54, 1.807) is 29.5 Å². The highest BCUT2D eigenvalue weighted by molar-refractivity contribution is 7.16. The van der Waals surface area contributed by atoms with Gasteiger partial charge in [0.25, 0.3) is 0 Å². The van der Waals surface area contributed by atoms with E-state index < -0.39 is 5.97 Å². The van der Waals surface area contributed by atoms with Gasteiger partial charge in [0.05, 0.1) is 16.3 Å². The number of aromatic nitrogens is 1. The van der Waals surface area contributed by atoms with Crippen LogP contribution in [-0.2, 0) is 11.2 Å². The summed E-state index contributed by atoms with van der Waals surface area (Å²) in [6, 6.07) is 33.9. The Hall–Kier alpha value is -4.19. The summed E-state index contributed by atoms with van der Waals surface area (Å²) in [6.45, 7) is 0.284. The molecule has 0 radical (unpaired) electrons. The molecule has 4 aromatic carbocycles. The predicted molar refractivity (Wildman–Crippen MR) is 155 cm³/mol. The molecular weight excluding hydrogens is 514 g/mol. The summed E-state index contributed by atoms with van der Waals surface area (Å²) in [5.41, 5.74) is 6.09. The number of hydrogen-bond donors (Lipinski definition) is 1. The first kappa shape index (κ1) is 25.5. The molecule has 1 N–H and O–H groups in total. The van der Waals surface area contributed by atoms with Crippen LogP contribution in [0.15, 0.2) is 115 Å². The number of thiazole rings is 1. The Labute approximate surface area is 230 Å². The number of halogens is 1. The molecule has 0 spiro atoms. The standard InChI is InChI=1S/C32H24ClNO3S/c33-28-19-22(20-31(35)36)11-16-29(28)37-18-17-27(30-21-34-32(38-30)26-9-5-2-6-10-26)25-14-12-24(13-15-25)23-7-3-1-4-8-23/h1-17,19,21H,18,20H2,(H,35,36)/b27-17+. The van der Waals surface area contributed by atoms with Gasteiger partial charge in [-0.1, -0.05) is 103 Å². The molecule has 0 saturated carbocycles. The van der Waals surface area contributed by atoms with Crippen LogP contribution in [-0.4, -0.2) is 22.7 Å². The Morgan fingerprint density at radius 2 is 1.53 bits per heavy atom. The number of nitrogens with zero attached hydrogens (tertiary/aromatic N) is 1. The second kappa shape index (κ2) is 11.9. The summed E-state index contributed by atoms with van der Waals surface area (Å²) in [7, 11) is 0. The second-order valence-electron chi connectivity index (χ2n) is 8.60. The molecule has 188 valence electrons. The molecule has 0 unspecified atom stereocenters. The Morgan fingerprint density at radius 3 is 2.18 bits per heavy atom. The largest absolute Gasteiger partial charge is 0.488 e. The van der Waals surface area contributed by atoms with E-state index in [4.69, 9.17) is 21.4 Å². The molecule has 0 bridgehead atoms. The van der Waals surface area contributed by atoms with Crippen molar-refractivity contribution in [2.75, 3.05) is 6.61 Å². The van der Waals surface area contributed by atoms with Crippen LogP contribution in [0.3, 0.4) is 0 Å². The molecule has 6 heteroatoms. The molecule has 5 rings (SSSR count). The van der Waals surface area contributed by atoms with E-state index in [2.05, 4.69) is 53.5 Å². The van der Waals surface area contributed by atoms with Gasteiger partial charge in [0.15, 0.2) is 0 Å². The third-order valence-corrected chi connectivity index (χ3v) is 7.35. The van der Waals surface area contributed by atoms with Gasteiger partial charge in [-0.3, -0.25) is 4.79 Å². The first-order valence-electron chi connectivity index (χ1n) is 12.1. The van der Waals surface area contributed by atoms with E-state index in [0.717, 1.165) is 37.7 Å². The van der Waals surface area contributed by atoms with Crippen molar-refractivity contribution in [1.29, 1.82) is 0 Å². The first-order valence-corrected chi connectivity index (χ1v) is 13.3. The van der Waals surface area contributed by atoms with Crippen LogP contribution in [0, 0.1) is 0 Å². The van der Waals surface area contributed by atoms with Crippen LogP contribution in [0.4, 0.5) is 0 Å². The zero-order valence-corrected chi connectivity index (χ0v) is 22.0. The summed E-state index contributed by atoms with van der Waals surface area (Å²) in [5, 5.41) is 10.3. The molecule has 0 atom stereocenters. The van der Waals surface area contributed by atoms with Gasteiger partial charge in [-0.15, -0.1) is 11.3 Å². The number of carbonyl (C=O) groups is 1. The monoisotopic (exact) mass is 537 g/mol. The molecule has 0 aliphatic carbocycles. The van der Waals surface area contributed by atoms with Crippen LogP contribution in [0.1, 0.15) is 16.0 Å². The molecule has 1 aromatic heterocycles. The van der Waals surface area contributed by atoms with E-state index in [1.807, 2.05) is 48.7 Å². The molecular formula is C32H24ClNO3S. The van der Waals surface area contributed by atoms with Crippen molar-refractivity contribution in [3.8, 4) is 27.4 Å². The highest BCUT2D eigenvalue weighted by Crippen LogP contribution is 2.34. The number of hydrogen-bond acceptors (Lipinski definition) is 4. The SMILES string of the molecule is O=C(O)Cc1ccc(OC/C=C(\c2ccc(-c3ccccc3)cc2)c2cnc(-c3ccccc3)s2)c(Cl)c1. The minimum atomic E-state index is -0.903. The third-order valence-electron chi connectivity index (χ3n) is 5.97. The van der Waals surface area contributed by atoms with Gasteiger partial charge in [0.2, 0.25) is 0 Å². The molecule has 0 aliphatic heterocycles. The number of carboxylic acid groups (broad SMARTS) is 1. The zero-order valence-electron chi connectivity index (χ0n) is 20.4. The average Bonchev–Trinajstić information content (AvgIpc) is 3.43. The normalized spacial score (nSPS) is 11.3. The number of benzene rings is 4. The van der Waals surface area contributed by atoms with Gasteiger partial charge in [0.1, 0.15) is 17.4 Å². The van der Waals surface area contributed by atoms with Crippen LogP contribution < -0.4 is 4.74 Å². The Kier molecular flexibility index (Phi) is 7.98. The van der Waals surface area contributed by atoms with Crippen molar-refractivity contribution >= 4 is 34.5 Å². The maximum absolute atomic E-state index is 11.0. The van der Waals surface area contributed by atoms with Gasteiger partial charge in [-0.2, -0.15) is 0 Å². The van der Waals surface area contributed by atoms with Crippen molar-refractivity contribution in [2.24, 2.45) is 0 Å². The molecule has 0 fully saturated rings. The number of carboxylic acids is 1. The summed E-state index contributed by atoms with van der Waals surface area (Å²) in [6.07, 6.45) is 3.84.